The molecule has 0 saturated heterocycles. The molecule has 0 N–H and O–H groups in total. The summed E-state index contributed by atoms with van der Waals surface area (Å²) in [6.07, 6.45) is 2.80. The fraction of sp³-hybridized carbons (Fsp3) is 0.333. The van der Waals surface area contributed by atoms with Gasteiger partial charge in [-0.2, -0.15) is 12.5 Å². The molecule has 0 aromatic carbocycles. The Labute approximate surface area is 67.4 Å². The van der Waals surface area contributed by atoms with Gasteiger partial charge in [-0.25, -0.2) is 0 Å². The van der Waals surface area contributed by atoms with Crippen LogP contribution in [0.3, 0.4) is 0 Å². The molecule has 0 spiro atoms. The van der Waals surface area contributed by atoms with Crippen molar-refractivity contribution in [2.24, 2.45) is 0 Å². The van der Waals surface area contributed by atoms with Gasteiger partial charge in [0, 0.05) is 0 Å². The van der Waals surface area contributed by atoms with E-state index in [2.05, 4.69) is 25.6 Å². The van der Waals surface area contributed by atoms with Crippen molar-refractivity contribution in [1.82, 2.24) is 0 Å². The van der Waals surface area contributed by atoms with Crippen LogP contribution in [0.4, 0.5) is 0 Å². The minimum Gasteiger partial charge on any atom is -0.399 e. The SMILES string of the molecule is C=CCOB(S)OCC=C. The van der Waals surface area contributed by atoms with Gasteiger partial charge in [0.15, 0.2) is 0 Å². The Morgan fingerprint density at radius 2 is 1.60 bits per heavy atom. The van der Waals surface area contributed by atoms with Gasteiger partial charge < -0.3 is 9.31 Å². The second-order valence-corrected chi connectivity index (χ2v) is 1.97. The van der Waals surface area contributed by atoms with E-state index in [4.69, 9.17) is 9.31 Å². The second kappa shape index (κ2) is 6.93. The molecule has 0 rings (SSSR count). The first-order chi connectivity index (χ1) is 4.81. The maximum absolute atomic E-state index is 4.97. The fourth-order valence-corrected chi connectivity index (χ4v) is 0.521. The van der Waals surface area contributed by atoms with E-state index >= 15 is 0 Å². The summed E-state index contributed by atoms with van der Waals surface area (Å²) in [4.78, 5) is 0. The van der Waals surface area contributed by atoms with Crippen LogP contribution < -0.4 is 0 Å². The van der Waals surface area contributed by atoms with Crippen molar-refractivity contribution >= 4 is 18.9 Å². The second-order valence-electron chi connectivity index (χ2n) is 1.55. The first-order valence-electron chi connectivity index (χ1n) is 2.94. The van der Waals surface area contributed by atoms with Crippen LogP contribution >= 0.6 is 12.5 Å². The van der Waals surface area contributed by atoms with Crippen molar-refractivity contribution in [2.45, 2.75) is 0 Å². The summed E-state index contributed by atoms with van der Waals surface area (Å²) in [5, 5.41) is 0. The van der Waals surface area contributed by atoms with E-state index in [9.17, 15) is 0 Å². The normalized spacial score (nSPS) is 8.90. The molecule has 0 amide bonds. The van der Waals surface area contributed by atoms with Crippen LogP contribution in [-0.2, 0) is 9.31 Å². The molecule has 0 bridgehead atoms. The lowest BCUT2D eigenvalue weighted by Crippen LogP contribution is -2.16. The number of rotatable bonds is 6. The molecule has 0 radical (unpaired) electrons. The summed E-state index contributed by atoms with van der Waals surface area (Å²) < 4.78 is 9.94. The topological polar surface area (TPSA) is 18.5 Å². The molecule has 0 fully saturated rings. The van der Waals surface area contributed by atoms with E-state index in [1.807, 2.05) is 0 Å². The third kappa shape index (κ3) is 5.94. The van der Waals surface area contributed by atoms with Crippen molar-refractivity contribution in [3.8, 4) is 0 Å². The van der Waals surface area contributed by atoms with Crippen LogP contribution in [0.1, 0.15) is 0 Å². The van der Waals surface area contributed by atoms with E-state index < -0.39 is 6.40 Å². The van der Waals surface area contributed by atoms with E-state index in [0.29, 0.717) is 13.2 Å². The van der Waals surface area contributed by atoms with Crippen molar-refractivity contribution in [2.75, 3.05) is 13.2 Å². The maximum atomic E-state index is 4.97. The zero-order valence-electron chi connectivity index (χ0n) is 5.82. The molecule has 0 aliphatic rings. The zero-order valence-corrected chi connectivity index (χ0v) is 6.72. The van der Waals surface area contributed by atoms with Crippen LogP contribution in [0.5, 0.6) is 0 Å². The molecule has 56 valence electrons. The summed E-state index contributed by atoms with van der Waals surface area (Å²) >= 11 is 3.96. The molecule has 10 heavy (non-hydrogen) atoms. The van der Waals surface area contributed by atoms with Gasteiger partial charge in [0.1, 0.15) is 0 Å². The highest BCUT2D eigenvalue weighted by Gasteiger charge is 2.08. The number of hydrogen-bond donors (Lipinski definition) is 1. The molecule has 0 heterocycles. The van der Waals surface area contributed by atoms with Crippen LogP contribution in [0, 0.1) is 0 Å². The average Bonchev–Trinajstić information content (AvgIpc) is 1.97. The van der Waals surface area contributed by atoms with E-state index in [1.165, 1.54) is 0 Å². The Kier molecular flexibility index (Phi) is 6.80. The van der Waals surface area contributed by atoms with Gasteiger partial charge in [0.2, 0.25) is 0 Å². The molecule has 4 heteroatoms. The molecule has 0 aromatic rings. The van der Waals surface area contributed by atoms with Gasteiger partial charge >= 0.3 is 6.40 Å². The quantitative estimate of drug-likeness (QED) is 0.357. The largest absolute Gasteiger partial charge is 0.528 e. The Morgan fingerprint density at radius 3 is 1.90 bits per heavy atom. The number of hydrogen-bond acceptors (Lipinski definition) is 3. The summed E-state index contributed by atoms with van der Waals surface area (Å²) in [6.45, 7) is 7.86. The van der Waals surface area contributed by atoms with Crippen LogP contribution in [0.2, 0.25) is 0 Å². The van der Waals surface area contributed by atoms with Crippen LogP contribution in [-0.4, -0.2) is 19.6 Å². The molecule has 2 nitrogen and oxygen atoms in total. The smallest absolute Gasteiger partial charge is 0.399 e. The number of thiol groups is 1. The average molecular weight is 158 g/mol. The highest BCUT2D eigenvalue weighted by Crippen LogP contribution is 1.93. The van der Waals surface area contributed by atoms with Gasteiger partial charge in [-0.05, 0) is 0 Å². The first kappa shape index (κ1) is 9.81. The molecule has 0 aliphatic carbocycles. The Balaban J connectivity index is 3.15. The minimum absolute atomic E-state index is 0.450. The highest BCUT2D eigenvalue weighted by molar-refractivity contribution is 8.08. The predicted molar refractivity (Wildman–Crippen MR) is 47.0 cm³/mol. The van der Waals surface area contributed by atoms with E-state index in [0.717, 1.165) is 0 Å². The monoisotopic (exact) mass is 158 g/mol. The van der Waals surface area contributed by atoms with Crippen molar-refractivity contribution in [3.63, 3.8) is 0 Å². The molecular weight excluding hydrogens is 147 g/mol. The van der Waals surface area contributed by atoms with Gasteiger partial charge in [0.05, 0.1) is 13.2 Å². The fourth-order valence-electron chi connectivity index (χ4n) is 0.349. The lowest BCUT2D eigenvalue weighted by atomic mass is 10.3. The Morgan fingerprint density at radius 1 is 1.20 bits per heavy atom. The third-order valence-corrected chi connectivity index (χ3v) is 1.01. The highest BCUT2D eigenvalue weighted by atomic mass is 32.1. The summed E-state index contributed by atoms with van der Waals surface area (Å²) in [7, 11) is 0. The van der Waals surface area contributed by atoms with Gasteiger partial charge in [-0.1, -0.05) is 12.2 Å². The zero-order chi connectivity index (χ0) is 7.82. The van der Waals surface area contributed by atoms with Crippen LogP contribution in [0.15, 0.2) is 25.3 Å². The molecule has 0 atom stereocenters. The molecular formula is C6H11BO2S. The Bertz CT molecular complexity index is 95.9. The standard InChI is InChI=1S/C6H11BO2S/c1-3-5-8-7(10)9-6-4-2/h3-4,10H,1-2,5-6H2. The van der Waals surface area contributed by atoms with E-state index in [-0.39, 0.29) is 0 Å². The van der Waals surface area contributed by atoms with Gasteiger partial charge in [-0.15, -0.1) is 13.2 Å². The van der Waals surface area contributed by atoms with E-state index in [1.54, 1.807) is 12.2 Å². The molecule has 0 unspecified atom stereocenters. The summed E-state index contributed by atoms with van der Waals surface area (Å²) in [6, 6.07) is 0. The van der Waals surface area contributed by atoms with Crippen molar-refractivity contribution in [3.05, 3.63) is 25.3 Å². The molecule has 0 aromatic heterocycles. The van der Waals surface area contributed by atoms with Gasteiger partial charge in [0.25, 0.3) is 0 Å². The van der Waals surface area contributed by atoms with Crippen LogP contribution in [0.25, 0.3) is 0 Å². The lowest BCUT2D eigenvalue weighted by Gasteiger charge is -2.04. The molecule has 0 aliphatic heterocycles. The minimum atomic E-state index is -0.476. The third-order valence-electron chi connectivity index (χ3n) is 0.713. The van der Waals surface area contributed by atoms with Crippen molar-refractivity contribution in [1.29, 1.82) is 0 Å². The predicted octanol–water partition coefficient (Wildman–Crippen LogP) is 1.31. The maximum Gasteiger partial charge on any atom is 0.528 e. The van der Waals surface area contributed by atoms with Crippen molar-refractivity contribution < 1.29 is 9.31 Å². The summed E-state index contributed by atoms with van der Waals surface area (Å²) in [5.74, 6) is 0. The molecule has 0 saturated carbocycles. The first-order valence-corrected chi connectivity index (χ1v) is 3.46. The van der Waals surface area contributed by atoms with Gasteiger partial charge in [-0.3, -0.25) is 0 Å². The lowest BCUT2D eigenvalue weighted by molar-refractivity contribution is 0.254. The summed E-state index contributed by atoms with van der Waals surface area (Å²) in [5.41, 5.74) is 0. The Hall–Kier alpha value is -0.185.